The molecule has 1 saturated carbocycles. The van der Waals surface area contributed by atoms with Gasteiger partial charge >= 0.3 is 0 Å². The molecule has 2 N–H and O–H groups in total. The van der Waals surface area contributed by atoms with Crippen LogP contribution in [-0.2, 0) is 6.54 Å². The van der Waals surface area contributed by atoms with Gasteiger partial charge in [0, 0.05) is 50.0 Å². The van der Waals surface area contributed by atoms with Gasteiger partial charge in [0.1, 0.15) is 5.75 Å². The number of hydrogen-bond donors (Lipinski definition) is 1. The zero-order valence-corrected chi connectivity index (χ0v) is 12.3. The molecule has 2 aliphatic rings. The van der Waals surface area contributed by atoms with E-state index in [1.165, 1.54) is 31.5 Å². The molecule has 0 radical (unpaired) electrons. The van der Waals surface area contributed by atoms with Gasteiger partial charge in [0.25, 0.3) is 0 Å². The Morgan fingerprint density at radius 2 is 1.95 bits per heavy atom. The molecule has 110 valence electrons. The topological polar surface area (TPSA) is 41.7 Å². The van der Waals surface area contributed by atoms with Crippen LogP contribution in [0.2, 0.25) is 0 Å². The molecule has 0 bridgehead atoms. The van der Waals surface area contributed by atoms with Crippen molar-refractivity contribution in [3.63, 3.8) is 0 Å². The van der Waals surface area contributed by atoms with Gasteiger partial charge in [0.15, 0.2) is 0 Å². The quantitative estimate of drug-likeness (QED) is 0.834. The summed E-state index contributed by atoms with van der Waals surface area (Å²) in [5.74, 6) is 0.978. The van der Waals surface area contributed by atoms with E-state index in [2.05, 4.69) is 15.9 Å². The van der Waals surface area contributed by atoms with Crippen molar-refractivity contribution in [2.45, 2.75) is 32.4 Å². The molecule has 4 nitrogen and oxygen atoms in total. The van der Waals surface area contributed by atoms with E-state index in [4.69, 9.17) is 10.5 Å². The standard InChI is InChI=1S/C16H25N3O/c1-2-20-16-6-3-14(17)11-13(16)12-18-7-9-19(10-8-18)15-4-5-15/h3,6,11,15H,2,4-5,7-10,12,17H2,1H3. The molecular formula is C16H25N3O. The molecule has 4 heteroatoms. The lowest BCUT2D eigenvalue weighted by atomic mass is 10.1. The van der Waals surface area contributed by atoms with Crippen LogP contribution in [0.3, 0.4) is 0 Å². The molecular weight excluding hydrogens is 250 g/mol. The summed E-state index contributed by atoms with van der Waals surface area (Å²) in [5, 5.41) is 0. The zero-order valence-electron chi connectivity index (χ0n) is 12.3. The Morgan fingerprint density at radius 3 is 2.60 bits per heavy atom. The number of benzene rings is 1. The Bertz CT molecular complexity index is 451. The van der Waals surface area contributed by atoms with Gasteiger partial charge in [0.05, 0.1) is 6.61 Å². The van der Waals surface area contributed by atoms with Gasteiger partial charge < -0.3 is 10.5 Å². The normalized spacial score (nSPS) is 21.1. The van der Waals surface area contributed by atoms with Crippen LogP contribution in [0, 0.1) is 0 Å². The Kier molecular flexibility index (Phi) is 4.13. The number of anilines is 1. The van der Waals surface area contributed by atoms with Crippen molar-refractivity contribution in [2.75, 3.05) is 38.5 Å². The van der Waals surface area contributed by atoms with Crippen LogP contribution < -0.4 is 10.5 Å². The number of ether oxygens (including phenoxy) is 1. The average molecular weight is 275 g/mol. The third-order valence-corrected chi connectivity index (χ3v) is 4.25. The molecule has 2 fully saturated rings. The lowest BCUT2D eigenvalue weighted by molar-refractivity contribution is 0.120. The highest BCUT2D eigenvalue weighted by atomic mass is 16.5. The first-order valence-corrected chi connectivity index (χ1v) is 7.74. The molecule has 1 heterocycles. The predicted molar refractivity (Wildman–Crippen MR) is 81.9 cm³/mol. The van der Waals surface area contributed by atoms with E-state index in [9.17, 15) is 0 Å². The first-order chi connectivity index (χ1) is 9.76. The van der Waals surface area contributed by atoms with Crippen molar-refractivity contribution in [1.29, 1.82) is 0 Å². The van der Waals surface area contributed by atoms with Crippen LogP contribution in [0.15, 0.2) is 18.2 Å². The van der Waals surface area contributed by atoms with Crippen LogP contribution in [0.4, 0.5) is 5.69 Å². The Morgan fingerprint density at radius 1 is 1.20 bits per heavy atom. The molecule has 1 saturated heterocycles. The van der Waals surface area contributed by atoms with Crippen LogP contribution >= 0.6 is 0 Å². The van der Waals surface area contributed by atoms with Gasteiger partial charge in [-0.1, -0.05) is 0 Å². The molecule has 1 aliphatic carbocycles. The largest absolute Gasteiger partial charge is 0.494 e. The molecule has 1 aliphatic heterocycles. The molecule has 0 unspecified atom stereocenters. The minimum Gasteiger partial charge on any atom is -0.494 e. The Labute approximate surface area is 121 Å². The van der Waals surface area contributed by atoms with E-state index in [0.717, 1.165) is 37.1 Å². The van der Waals surface area contributed by atoms with Gasteiger partial charge in [-0.3, -0.25) is 9.80 Å². The number of hydrogen-bond acceptors (Lipinski definition) is 4. The van der Waals surface area contributed by atoms with Gasteiger partial charge in [-0.05, 0) is 38.0 Å². The molecule has 0 atom stereocenters. The molecule has 20 heavy (non-hydrogen) atoms. The average Bonchev–Trinajstić information content (AvgIpc) is 3.27. The maximum absolute atomic E-state index is 5.92. The predicted octanol–water partition coefficient (Wildman–Crippen LogP) is 1.95. The van der Waals surface area contributed by atoms with Crippen LogP contribution in [0.25, 0.3) is 0 Å². The number of nitrogens with zero attached hydrogens (tertiary/aromatic N) is 2. The van der Waals surface area contributed by atoms with Crippen molar-refractivity contribution in [3.05, 3.63) is 23.8 Å². The third-order valence-electron chi connectivity index (χ3n) is 4.25. The minimum absolute atomic E-state index is 0.701. The van der Waals surface area contributed by atoms with Gasteiger partial charge in [-0.15, -0.1) is 0 Å². The van der Waals surface area contributed by atoms with Gasteiger partial charge in [-0.2, -0.15) is 0 Å². The summed E-state index contributed by atoms with van der Waals surface area (Å²) >= 11 is 0. The molecule has 0 spiro atoms. The summed E-state index contributed by atoms with van der Waals surface area (Å²) in [6.07, 6.45) is 2.81. The number of nitrogen functional groups attached to an aromatic ring is 1. The van der Waals surface area contributed by atoms with Crippen LogP contribution in [0.5, 0.6) is 5.75 Å². The fraction of sp³-hybridized carbons (Fsp3) is 0.625. The summed E-state index contributed by atoms with van der Waals surface area (Å²) in [5.41, 5.74) is 7.95. The van der Waals surface area contributed by atoms with E-state index in [0.29, 0.717) is 6.61 Å². The van der Waals surface area contributed by atoms with E-state index < -0.39 is 0 Å². The van der Waals surface area contributed by atoms with Crippen molar-refractivity contribution >= 4 is 5.69 Å². The number of piperazine rings is 1. The van der Waals surface area contributed by atoms with Crippen LogP contribution in [0.1, 0.15) is 25.3 Å². The lowest BCUT2D eigenvalue weighted by Crippen LogP contribution is -2.46. The Balaban J connectivity index is 1.60. The van der Waals surface area contributed by atoms with Crippen molar-refractivity contribution in [3.8, 4) is 5.75 Å². The van der Waals surface area contributed by atoms with Crippen molar-refractivity contribution in [2.24, 2.45) is 0 Å². The third kappa shape index (κ3) is 3.25. The maximum Gasteiger partial charge on any atom is 0.123 e. The zero-order chi connectivity index (χ0) is 13.9. The second-order valence-corrected chi connectivity index (χ2v) is 5.84. The minimum atomic E-state index is 0.701. The molecule has 3 rings (SSSR count). The fourth-order valence-electron chi connectivity index (χ4n) is 2.99. The lowest BCUT2D eigenvalue weighted by Gasteiger charge is -2.35. The summed E-state index contributed by atoms with van der Waals surface area (Å²) in [4.78, 5) is 5.15. The van der Waals surface area contributed by atoms with E-state index in [1.807, 2.05) is 19.1 Å². The van der Waals surface area contributed by atoms with E-state index >= 15 is 0 Å². The second-order valence-electron chi connectivity index (χ2n) is 5.84. The molecule has 0 aromatic heterocycles. The summed E-state index contributed by atoms with van der Waals surface area (Å²) in [7, 11) is 0. The molecule has 1 aromatic carbocycles. The van der Waals surface area contributed by atoms with Crippen LogP contribution in [-0.4, -0.2) is 48.6 Å². The van der Waals surface area contributed by atoms with E-state index in [1.54, 1.807) is 0 Å². The Hall–Kier alpha value is -1.26. The molecule has 1 aromatic rings. The number of rotatable bonds is 5. The molecule has 0 amide bonds. The second kappa shape index (κ2) is 6.02. The van der Waals surface area contributed by atoms with Gasteiger partial charge in [-0.25, -0.2) is 0 Å². The van der Waals surface area contributed by atoms with E-state index in [-0.39, 0.29) is 0 Å². The SMILES string of the molecule is CCOc1ccc(N)cc1CN1CCN(C2CC2)CC1. The summed E-state index contributed by atoms with van der Waals surface area (Å²) < 4.78 is 5.71. The monoisotopic (exact) mass is 275 g/mol. The highest BCUT2D eigenvalue weighted by molar-refractivity contribution is 5.47. The highest BCUT2D eigenvalue weighted by Crippen LogP contribution is 2.28. The highest BCUT2D eigenvalue weighted by Gasteiger charge is 2.31. The number of nitrogens with two attached hydrogens (primary N) is 1. The van der Waals surface area contributed by atoms with Crippen molar-refractivity contribution in [1.82, 2.24) is 9.80 Å². The maximum atomic E-state index is 5.92. The summed E-state index contributed by atoms with van der Waals surface area (Å²) in [6.45, 7) is 8.38. The summed E-state index contributed by atoms with van der Waals surface area (Å²) in [6, 6.07) is 6.86. The van der Waals surface area contributed by atoms with Crippen molar-refractivity contribution < 1.29 is 4.74 Å². The smallest absolute Gasteiger partial charge is 0.123 e. The van der Waals surface area contributed by atoms with Gasteiger partial charge in [0.2, 0.25) is 0 Å². The fourth-order valence-corrected chi connectivity index (χ4v) is 2.99. The first kappa shape index (κ1) is 13.7. The first-order valence-electron chi connectivity index (χ1n) is 7.74.